The van der Waals surface area contributed by atoms with E-state index < -0.39 is 11.9 Å². The summed E-state index contributed by atoms with van der Waals surface area (Å²) in [6.45, 7) is 5.01. The van der Waals surface area contributed by atoms with E-state index in [1.54, 1.807) is 0 Å². The fourth-order valence-corrected chi connectivity index (χ4v) is 1.13. The SMILES string of the molecule is CCOC(C)COC(=O)CCC(=O)OCCOC. The largest absolute Gasteiger partial charge is 0.463 e. The predicted octanol–water partition coefficient (Wildman–Crippen LogP) is 0.924. The minimum Gasteiger partial charge on any atom is -0.463 e. The lowest BCUT2D eigenvalue weighted by molar-refractivity contribution is -0.152. The van der Waals surface area contributed by atoms with Gasteiger partial charge in [0.2, 0.25) is 0 Å². The van der Waals surface area contributed by atoms with Gasteiger partial charge in [0.15, 0.2) is 0 Å². The van der Waals surface area contributed by atoms with Crippen molar-refractivity contribution in [1.29, 1.82) is 0 Å². The van der Waals surface area contributed by atoms with E-state index in [-0.39, 0.29) is 32.2 Å². The summed E-state index contributed by atoms with van der Waals surface area (Å²) in [6, 6.07) is 0. The number of rotatable bonds is 10. The Hall–Kier alpha value is -1.14. The summed E-state index contributed by atoms with van der Waals surface area (Å²) in [4.78, 5) is 22.4. The highest BCUT2D eigenvalue weighted by Crippen LogP contribution is 1.98. The molecule has 6 nitrogen and oxygen atoms in total. The molecule has 0 aliphatic heterocycles. The van der Waals surface area contributed by atoms with Crippen LogP contribution < -0.4 is 0 Å². The van der Waals surface area contributed by atoms with Crippen molar-refractivity contribution >= 4 is 11.9 Å². The second-order valence-electron chi connectivity index (χ2n) is 3.66. The Labute approximate surface area is 108 Å². The summed E-state index contributed by atoms with van der Waals surface area (Å²) in [7, 11) is 1.52. The monoisotopic (exact) mass is 262 g/mol. The molecule has 0 amide bonds. The highest BCUT2D eigenvalue weighted by Gasteiger charge is 2.10. The average Bonchev–Trinajstić information content (AvgIpc) is 2.34. The van der Waals surface area contributed by atoms with Gasteiger partial charge in [-0.05, 0) is 13.8 Å². The predicted molar refractivity (Wildman–Crippen MR) is 64.1 cm³/mol. The zero-order valence-corrected chi connectivity index (χ0v) is 11.3. The highest BCUT2D eigenvalue weighted by molar-refractivity contribution is 5.77. The molecule has 0 heterocycles. The van der Waals surface area contributed by atoms with Gasteiger partial charge in [-0.25, -0.2) is 0 Å². The van der Waals surface area contributed by atoms with E-state index in [2.05, 4.69) is 0 Å². The molecule has 0 radical (unpaired) electrons. The van der Waals surface area contributed by atoms with Crippen molar-refractivity contribution in [2.75, 3.05) is 33.5 Å². The maximum absolute atomic E-state index is 11.3. The molecule has 0 saturated heterocycles. The normalized spacial score (nSPS) is 11.9. The van der Waals surface area contributed by atoms with Crippen LogP contribution in [0.3, 0.4) is 0 Å². The Kier molecular flexibility index (Phi) is 10.3. The zero-order chi connectivity index (χ0) is 13.8. The van der Waals surface area contributed by atoms with Gasteiger partial charge in [-0.2, -0.15) is 0 Å². The number of methoxy groups -OCH3 is 1. The quantitative estimate of drug-likeness (QED) is 0.431. The molecule has 0 aromatic carbocycles. The molecule has 0 aromatic rings. The van der Waals surface area contributed by atoms with Gasteiger partial charge >= 0.3 is 11.9 Å². The number of carbonyl (C=O) groups excluding carboxylic acids is 2. The van der Waals surface area contributed by atoms with E-state index in [1.165, 1.54) is 7.11 Å². The van der Waals surface area contributed by atoms with E-state index >= 15 is 0 Å². The first kappa shape index (κ1) is 16.9. The smallest absolute Gasteiger partial charge is 0.306 e. The molecule has 0 fully saturated rings. The van der Waals surface area contributed by atoms with Crippen molar-refractivity contribution in [3.63, 3.8) is 0 Å². The molecule has 0 bridgehead atoms. The Morgan fingerprint density at radius 1 is 1.06 bits per heavy atom. The van der Waals surface area contributed by atoms with Crippen LogP contribution in [0.5, 0.6) is 0 Å². The Morgan fingerprint density at radius 3 is 2.22 bits per heavy atom. The van der Waals surface area contributed by atoms with E-state index in [4.69, 9.17) is 18.9 Å². The first-order valence-electron chi connectivity index (χ1n) is 6.01. The lowest BCUT2D eigenvalue weighted by Gasteiger charge is -2.11. The topological polar surface area (TPSA) is 71.1 Å². The summed E-state index contributed by atoms with van der Waals surface area (Å²) in [5.74, 6) is -0.855. The molecule has 0 N–H and O–H groups in total. The number of ether oxygens (including phenoxy) is 4. The summed E-state index contributed by atoms with van der Waals surface area (Å²) < 4.78 is 19.7. The van der Waals surface area contributed by atoms with E-state index in [0.29, 0.717) is 13.2 Å². The summed E-state index contributed by atoms with van der Waals surface area (Å²) in [6.07, 6.45) is -0.0939. The van der Waals surface area contributed by atoms with Crippen LogP contribution in [0, 0.1) is 0 Å². The molecule has 0 spiro atoms. The number of carbonyl (C=O) groups is 2. The molecule has 0 saturated carbocycles. The third-order valence-corrected chi connectivity index (χ3v) is 2.01. The molecule has 0 aromatic heterocycles. The fraction of sp³-hybridized carbons (Fsp3) is 0.833. The fourth-order valence-electron chi connectivity index (χ4n) is 1.13. The maximum Gasteiger partial charge on any atom is 0.306 e. The van der Waals surface area contributed by atoms with Crippen LogP contribution in [-0.2, 0) is 28.5 Å². The number of hydrogen-bond acceptors (Lipinski definition) is 6. The molecule has 1 atom stereocenters. The van der Waals surface area contributed by atoms with Crippen molar-refractivity contribution in [1.82, 2.24) is 0 Å². The number of hydrogen-bond donors (Lipinski definition) is 0. The minimum absolute atomic E-state index is 0.0185. The van der Waals surface area contributed by atoms with Gasteiger partial charge in [0.05, 0.1) is 25.6 Å². The van der Waals surface area contributed by atoms with Crippen LogP contribution in [-0.4, -0.2) is 51.6 Å². The van der Waals surface area contributed by atoms with Crippen LogP contribution in [0.2, 0.25) is 0 Å². The van der Waals surface area contributed by atoms with Crippen LogP contribution in [0.25, 0.3) is 0 Å². The van der Waals surface area contributed by atoms with Gasteiger partial charge in [-0.3, -0.25) is 9.59 Å². The van der Waals surface area contributed by atoms with Crippen LogP contribution >= 0.6 is 0 Å². The molecule has 0 aliphatic rings. The Bertz CT molecular complexity index is 241. The summed E-state index contributed by atoms with van der Waals surface area (Å²) in [5.41, 5.74) is 0. The highest BCUT2D eigenvalue weighted by atomic mass is 16.6. The average molecular weight is 262 g/mol. The number of esters is 2. The van der Waals surface area contributed by atoms with E-state index in [1.807, 2.05) is 13.8 Å². The second-order valence-corrected chi connectivity index (χ2v) is 3.66. The Morgan fingerprint density at radius 2 is 1.67 bits per heavy atom. The zero-order valence-electron chi connectivity index (χ0n) is 11.3. The molecular formula is C12H22O6. The van der Waals surface area contributed by atoms with Crippen molar-refractivity contribution in [2.45, 2.75) is 32.8 Å². The van der Waals surface area contributed by atoms with Crippen molar-refractivity contribution < 1.29 is 28.5 Å². The van der Waals surface area contributed by atoms with Gasteiger partial charge in [0.25, 0.3) is 0 Å². The van der Waals surface area contributed by atoms with Crippen molar-refractivity contribution in [2.24, 2.45) is 0 Å². The second kappa shape index (κ2) is 11.0. The molecule has 106 valence electrons. The van der Waals surface area contributed by atoms with Gasteiger partial charge in [-0.1, -0.05) is 0 Å². The van der Waals surface area contributed by atoms with Crippen LogP contribution in [0.1, 0.15) is 26.7 Å². The lowest BCUT2D eigenvalue weighted by Crippen LogP contribution is -2.19. The Balaban J connectivity index is 3.54. The van der Waals surface area contributed by atoms with Crippen molar-refractivity contribution in [3.8, 4) is 0 Å². The molecular weight excluding hydrogens is 240 g/mol. The van der Waals surface area contributed by atoms with Gasteiger partial charge in [-0.15, -0.1) is 0 Å². The third-order valence-electron chi connectivity index (χ3n) is 2.01. The van der Waals surface area contributed by atoms with Gasteiger partial charge in [0.1, 0.15) is 13.2 Å². The first-order chi connectivity index (χ1) is 8.60. The molecule has 1 unspecified atom stereocenters. The summed E-state index contributed by atoms with van der Waals surface area (Å²) in [5, 5.41) is 0. The van der Waals surface area contributed by atoms with Gasteiger partial charge in [0, 0.05) is 13.7 Å². The van der Waals surface area contributed by atoms with Crippen molar-refractivity contribution in [3.05, 3.63) is 0 Å². The standard InChI is InChI=1S/C12H22O6/c1-4-16-10(2)9-18-12(14)6-5-11(13)17-8-7-15-3/h10H,4-9H2,1-3H3. The lowest BCUT2D eigenvalue weighted by atomic mass is 10.3. The van der Waals surface area contributed by atoms with Crippen LogP contribution in [0.4, 0.5) is 0 Å². The first-order valence-corrected chi connectivity index (χ1v) is 6.01. The maximum atomic E-state index is 11.3. The molecule has 6 heteroatoms. The van der Waals surface area contributed by atoms with E-state index in [0.717, 1.165) is 0 Å². The third kappa shape index (κ3) is 10.0. The molecule has 0 aliphatic carbocycles. The molecule has 18 heavy (non-hydrogen) atoms. The van der Waals surface area contributed by atoms with E-state index in [9.17, 15) is 9.59 Å². The molecule has 0 rings (SSSR count). The van der Waals surface area contributed by atoms with Gasteiger partial charge < -0.3 is 18.9 Å². The van der Waals surface area contributed by atoms with Crippen LogP contribution in [0.15, 0.2) is 0 Å². The summed E-state index contributed by atoms with van der Waals surface area (Å²) >= 11 is 0. The minimum atomic E-state index is -0.429.